The van der Waals surface area contributed by atoms with Crippen LogP contribution in [0.5, 0.6) is 5.75 Å². The van der Waals surface area contributed by atoms with Gasteiger partial charge in [0.25, 0.3) is 5.56 Å². The smallest absolute Gasteiger partial charge is 0.306 e. The van der Waals surface area contributed by atoms with Crippen molar-refractivity contribution in [3.8, 4) is 5.75 Å². The number of esters is 1. The number of para-hydroxylation sites is 1. The lowest BCUT2D eigenvalue weighted by atomic mass is 9.87. The van der Waals surface area contributed by atoms with E-state index >= 15 is 0 Å². The van der Waals surface area contributed by atoms with Gasteiger partial charge in [0.2, 0.25) is 0 Å². The number of pyridine rings is 2. The van der Waals surface area contributed by atoms with Gasteiger partial charge >= 0.3 is 5.97 Å². The lowest BCUT2D eigenvalue weighted by Crippen LogP contribution is -2.29. The number of carbonyl (C=O) groups excluding carboxylic acids is 1. The zero-order chi connectivity index (χ0) is 25.2. The normalized spacial score (nSPS) is 12.2. The number of benzene rings is 2. The van der Waals surface area contributed by atoms with Crippen molar-refractivity contribution in [2.45, 2.75) is 32.2 Å². The Kier molecular flexibility index (Phi) is 6.29. The number of methoxy groups -OCH3 is 1. The van der Waals surface area contributed by atoms with Gasteiger partial charge in [-0.05, 0) is 54.8 Å². The van der Waals surface area contributed by atoms with E-state index in [-0.39, 0.29) is 23.3 Å². The Bertz CT molecular complexity index is 1630. The first kappa shape index (κ1) is 23.4. The Morgan fingerprint density at radius 1 is 1.14 bits per heavy atom. The van der Waals surface area contributed by atoms with E-state index in [4.69, 9.17) is 4.74 Å². The predicted octanol–water partition coefficient (Wildman–Crippen LogP) is 4.83. The summed E-state index contributed by atoms with van der Waals surface area (Å²) < 4.78 is 6.61. The Hall–Kier alpha value is -4.39. The molecule has 0 saturated heterocycles. The number of aromatic amines is 1. The fourth-order valence-corrected chi connectivity index (χ4v) is 4.89. The number of nitrogens with one attached hydrogen (secondary N) is 1. The van der Waals surface area contributed by atoms with Crippen molar-refractivity contribution < 1.29 is 14.6 Å². The number of hydrogen-bond acceptors (Lipinski definition) is 5. The molecule has 0 saturated carbocycles. The number of aromatic hydroxyl groups is 1. The van der Waals surface area contributed by atoms with Gasteiger partial charge in [-0.25, -0.2) is 0 Å². The fraction of sp³-hybridized carbons (Fsp3) is 0.207. The number of rotatable bonds is 7. The van der Waals surface area contributed by atoms with Gasteiger partial charge in [-0.15, -0.1) is 0 Å². The molecule has 1 atom stereocenters. The molecule has 36 heavy (non-hydrogen) atoms. The number of ether oxygens (including phenoxy) is 1. The van der Waals surface area contributed by atoms with Crippen molar-refractivity contribution in [2.75, 3.05) is 7.11 Å². The van der Waals surface area contributed by atoms with E-state index in [0.29, 0.717) is 18.7 Å². The van der Waals surface area contributed by atoms with Gasteiger partial charge in [-0.3, -0.25) is 14.6 Å². The van der Waals surface area contributed by atoms with E-state index in [1.807, 2.05) is 54.7 Å². The van der Waals surface area contributed by atoms with Gasteiger partial charge in [-0.2, -0.15) is 0 Å². The minimum atomic E-state index is -0.672. The number of aryl methyl sites for hydroxylation is 2. The van der Waals surface area contributed by atoms with Crippen LogP contribution < -0.4 is 5.56 Å². The van der Waals surface area contributed by atoms with Crippen LogP contribution in [0.1, 0.15) is 34.7 Å². The van der Waals surface area contributed by atoms with Crippen LogP contribution in [-0.2, 0) is 22.5 Å². The van der Waals surface area contributed by atoms with Crippen molar-refractivity contribution in [3.05, 3.63) is 106 Å². The van der Waals surface area contributed by atoms with Crippen LogP contribution >= 0.6 is 0 Å². The van der Waals surface area contributed by atoms with E-state index < -0.39 is 11.9 Å². The van der Waals surface area contributed by atoms with Gasteiger partial charge in [0.15, 0.2) is 0 Å². The lowest BCUT2D eigenvalue weighted by molar-refractivity contribution is -0.140. The molecular weight excluding hydrogens is 454 g/mol. The molecule has 0 aliphatic heterocycles. The second-order valence-corrected chi connectivity index (χ2v) is 8.94. The van der Waals surface area contributed by atoms with Gasteiger partial charge in [0, 0.05) is 46.8 Å². The van der Waals surface area contributed by atoms with Crippen LogP contribution in [0.2, 0.25) is 0 Å². The number of carbonyl (C=O) groups is 1. The van der Waals surface area contributed by atoms with Crippen LogP contribution in [0.25, 0.3) is 21.8 Å². The zero-order valence-corrected chi connectivity index (χ0v) is 20.2. The van der Waals surface area contributed by atoms with Crippen molar-refractivity contribution >= 4 is 27.8 Å². The summed E-state index contributed by atoms with van der Waals surface area (Å²) in [6.07, 6.45) is 4.25. The van der Waals surface area contributed by atoms with Crippen molar-refractivity contribution in [1.82, 2.24) is 14.5 Å². The highest BCUT2D eigenvalue weighted by molar-refractivity contribution is 5.83. The van der Waals surface area contributed by atoms with Crippen molar-refractivity contribution in [2.24, 2.45) is 0 Å². The van der Waals surface area contributed by atoms with Crippen LogP contribution in [0, 0.1) is 6.92 Å². The first-order valence-electron chi connectivity index (χ1n) is 11.9. The maximum Gasteiger partial charge on any atom is 0.306 e. The molecule has 0 unspecified atom stereocenters. The molecule has 7 nitrogen and oxygen atoms in total. The molecular formula is C29H27N3O4. The summed E-state index contributed by atoms with van der Waals surface area (Å²) in [5.74, 6) is -1.26. The molecule has 0 bridgehead atoms. The summed E-state index contributed by atoms with van der Waals surface area (Å²) in [6.45, 7) is 2.24. The lowest BCUT2D eigenvalue weighted by Gasteiger charge is -2.21. The second-order valence-electron chi connectivity index (χ2n) is 8.94. The molecule has 3 aromatic heterocycles. The molecule has 182 valence electrons. The molecule has 7 heteroatoms. The highest BCUT2D eigenvalue weighted by atomic mass is 16.5. The van der Waals surface area contributed by atoms with Crippen LogP contribution in [0.4, 0.5) is 0 Å². The number of aromatic nitrogens is 3. The molecule has 5 rings (SSSR count). The molecule has 0 amide bonds. The minimum absolute atomic E-state index is 0.0728. The first-order valence-corrected chi connectivity index (χ1v) is 11.9. The summed E-state index contributed by atoms with van der Waals surface area (Å²) in [5.41, 5.74) is 4.23. The summed E-state index contributed by atoms with van der Waals surface area (Å²) in [7, 11) is 1.32. The Morgan fingerprint density at radius 3 is 2.81 bits per heavy atom. The van der Waals surface area contributed by atoms with Crippen LogP contribution in [-0.4, -0.2) is 32.7 Å². The average Bonchev–Trinajstić information content (AvgIpc) is 3.30. The van der Waals surface area contributed by atoms with Gasteiger partial charge in [-0.1, -0.05) is 30.3 Å². The number of nitrogens with zero attached hydrogens (tertiary/aromatic N) is 2. The largest absolute Gasteiger partial charge is 0.507 e. The molecule has 5 aromatic rings. The highest BCUT2D eigenvalue weighted by Crippen LogP contribution is 2.34. The molecule has 0 aliphatic carbocycles. The highest BCUT2D eigenvalue weighted by Gasteiger charge is 2.27. The average molecular weight is 482 g/mol. The molecule has 0 fully saturated rings. The molecule has 3 heterocycles. The predicted molar refractivity (Wildman–Crippen MR) is 139 cm³/mol. The monoisotopic (exact) mass is 481 g/mol. The fourth-order valence-electron chi connectivity index (χ4n) is 4.89. The van der Waals surface area contributed by atoms with Gasteiger partial charge in [0.1, 0.15) is 5.75 Å². The third-order valence-corrected chi connectivity index (χ3v) is 6.78. The summed E-state index contributed by atoms with van der Waals surface area (Å²) in [5, 5.41) is 12.9. The number of H-pyrrole nitrogens is 1. The van der Waals surface area contributed by atoms with E-state index in [9.17, 15) is 14.7 Å². The number of hydrogen-bond donors (Lipinski definition) is 2. The Balaban J connectivity index is 1.57. The first-order chi connectivity index (χ1) is 17.5. The Morgan fingerprint density at radius 2 is 1.97 bits per heavy atom. The zero-order valence-electron chi connectivity index (χ0n) is 20.2. The van der Waals surface area contributed by atoms with Crippen molar-refractivity contribution in [3.63, 3.8) is 0 Å². The maximum atomic E-state index is 13.8. The Labute approximate surface area is 208 Å². The van der Waals surface area contributed by atoms with Crippen LogP contribution in [0.15, 0.2) is 77.9 Å². The van der Waals surface area contributed by atoms with E-state index in [1.54, 1.807) is 23.8 Å². The molecule has 2 N–H and O–H groups in total. The van der Waals surface area contributed by atoms with Gasteiger partial charge in [0.05, 0.1) is 24.6 Å². The third kappa shape index (κ3) is 4.35. The molecule has 0 aliphatic rings. The standard InChI is InChI=1S/C29H27N3O4/c1-18-14-26(33)28(29(35)32(18)13-11-21-17-31-25-8-4-3-7-22(21)25)23(16-27(34)36-2)19-9-10-24-20(15-19)6-5-12-30-24/h3-10,12,14-15,17,23,31,33H,11,13,16H2,1-2H3/t23-/m0/s1. The van der Waals surface area contributed by atoms with Crippen LogP contribution in [0.3, 0.4) is 0 Å². The molecule has 0 radical (unpaired) electrons. The maximum absolute atomic E-state index is 13.8. The minimum Gasteiger partial charge on any atom is -0.507 e. The number of fused-ring (bicyclic) bond motifs is 2. The topological polar surface area (TPSA) is 97.2 Å². The summed E-state index contributed by atoms with van der Waals surface area (Å²) >= 11 is 0. The summed E-state index contributed by atoms with van der Waals surface area (Å²) in [4.78, 5) is 33.8. The quantitative estimate of drug-likeness (QED) is 0.325. The van der Waals surface area contributed by atoms with E-state index in [1.165, 1.54) is 7.11 Å². The molecule has 2 aromatic carbocycles. The summed E-state index contributed by atoms with van der Waals surface area (Å²) in [6, 6.07) is 19.0. The van der Waals surface area contributed by atoms with E-state index in [2.05, 4.69) is 16.0 Å². The van der Waals surface area contributed by atoms with E-state index in [0.717, 1.165) is 32.9 Å². The SMILES string of the molecule is COC(=O)C[C@@H](c1ccc2ncccc2c1)c1c(O)cc(C)n(CCc2c[nH]c3ccccc23)c1=O. The third-order valence-electron chi connectivity index (χ3n) is 6.78. The van der Waals surface area contributed by atoms with Crippen molar-refractivity contribution in [1.29, 1.82) is 0 Å². The second kappa shape index (κ2) is 9.70. The molecule has 0 spiro atoms. The van der Waals surface area contributed by atoms with Gasteiger partial charge < -0.3 is 19.4 Å².